The number of ether oxygens (including phenoxy) is 1. The van der Waals surface area contributed by atoms with Crippen molar-refractivity contribution in [1.29, 1.82) is 0 Å². The normalized spacial score (nSPS) is 15.5. The van der Waals surface area contributed by atoms with Crippen LogP contribution in [-0.4, -0.2) is 50.6 Å². The molecule has 1 aliphatic carbocycles. The van der Waals surface area contributed by atoms with Gasteiger partial charge < -0.3 is 15.0 Å². The highest BCUT2D eigenvalue weighted by Gasteiger charge is 2.21. The molecule has 0 saturated heterocycles. The lowest BCUT2D eigenvalue weighted by Crippen LogP contribution is -2.39. The molecule has 2 amide bonds. The highest BCUT2D eigenvalue weighted by atomic mass is 16.5. The van der Waals surface area contributed by atoms with Crippen molar-refractivity contribution < 1.29 is 14.3 Å². The summed E-state index contributed by atoms with van der Waals surface area (Å²) in [5.41, 5.74) is 0. The first-order valence-corrected chi connectivity index (χ1v) is 7.13. The van der Waals surface area contributed by atoms with Crippen LogP contribution < -0.4 is 5.32 Å². The molecule has 1 saturated carbocycles. The Hall–Kier alpha value is -1.10. The van der Waals surface area contributed by atoms with E-state index in [4.69, 9.17) is 4.74 Å². The quantitative estimate of drug-likeness (QED) is 0.674. The highest BCUT2D eigenvalue weighted by molar-refractivity contribution is 5.84. The van der Waals surface area contributed by atoms with E-state index < -0.39 is 0 Å². The number of rotatable bonds is 8. The molecule has 0 spiro atoms. The zero-order valence-electron chi connectivity index (χ0n) is 12.1. The van der Waals surface area contributed by atoms with E-state index in [1.165, 1.54) is 17.7 Å². The maximum atomic E-state index is 11.9. The average molecular weight is 270 g/mol. The van der Waals surface area contributed by atoms with Gasteiger partial charge in [-0.3, -0.25) is 9.59 Å². The summed E-state index contributed by atoms with van der Waals surface area (Å²) in [6.45, 7) is 1.38. The summed E-state index contributed by atoms with van der Waals surface area (Å²) in [7, 11) is 3.34. The van der Waals surface area contributed by atoms with Gasteiger partial charge in [0, 0.05) is 33.7 Å². The van der Waals surface area contributed by atoms with Crippen LogP contribution in [0.15, 0.2) is 0 Å². The molecule has 0 unspecified atom stereocenters. The smallest absolute Gasteiger partial charge is 0.239 e. The topological polar surface area (TPSA) is 58.6 Å². The van der Waals surface area contributed by atoms with Gasteiger partial charge in [-0.1, -0.05) is 12.8 Å². The number of hydrogen-bond donors (Lipinski definition) is 1. The lowest BCUT2D eigenvalue weighted by molar-refractivity contribution is -0.135. The van der Waals surface area contributed by atoms with Crippen molar-refractivity contribution in [2.75, 3.05) is 33.9 Å². The fourth-order valence-electron chi connectivity index (χ4n) is 2.42. The van der Waals surface area contributed by atoms with Crippen molar-refractivity contribution in [1.82, 2.24) is 10.2 Å². The van der Waals surface area contributed by atoms with E-state index in [9.17, 15) is 9.59 Å². The van der Waals surface area contributed by atoms with Crippen molar-refractivity contribution in [2.45, 2.75) is 38.5 Å². The number of likely N-dealkylation sites (N-methyl/N-ethyl adjacent to an activating group) is 1. The minimum atomic E-state index is -0.0987. The van der Waals surface area contributed by atoms with Crippen molar-refractivity contribution >= 4 is 11.8 Å². The van der Waals surface area contributed by atoms with E-state index in [-0.39, 0.29) is 18.4 Å². The molecule has 0 atom stereocenters. The fraction of sp³-hybridized carbons (Fsp3) is 0.857. The van der Waals surface area contributed by atoms with Gasteiger partial charge in [0.1, 0.15) is 0 Å². The number of hydrogen-bond acceptors (Lipinski definition) is 3. The van der Waals surface area contributed by atoms with Gasteiger partial charge >= 0.3 is 0 Å². The highest BCUT2D eigenvalue weighted by Crippen LogP contribution is 2.27. The molecule has 0 bridgehead atoms. The number of amides is 2. The second-order valence-electron chi connectivity index (χ2n) is 5.30. The van der Waals surface area contributed by atoms with Crippen LogP contribution in [0.1, 0.15) is 38.5 Å². The van der Waals surface area contributed by atoms with E-state index >= 15 is 0 Å². The number of methoxy groups -OCH3 is 1. The molecule has 5 nitrogen and oxygen atoms in total. The zero-order chi connectivity index (χ0) is 14.1. The molecule has 1 aliphatic rings. The molecular formula is C14H26N2O3. The number of nitrogens with one attached hydrogen (secondary N) is 1. The van der Waals surface area contributed by atoms with E-state index in [1.807, 2.05) is 0 Å². The predicted octanol–water partition coefficient (Wildman–Crippen LogP) is 1.18. The fourth-order valence-corrected chi connectivity index (χ4v) is 2.42. The van der Waals surface area contributed by atoms with E-state index in [0.29, 0.717) is 25.5 Å². The van der Waals surface area contributed by atoms with Crippen molar-refractivity contribution in [3.63, 3.8) is 0 Å². The Labute approximate surface area is 115 Å². The van der Waals surface area contributed by atoms with Crippen LogP contribution >= 0.6 is 0 Å². The van der Waals surface area contributed by atoms with Gasteiger partial charge in [-0.05, 0) is 25.2 Å². The van der Waals surface area contributed by atoms with Crippen LogP contribution in [0.4, 0.5) is 0 Å². The molecule has 1 rings (SSSR count). The first-order chi connectivity index (χ1) is 9.13. The summed E-state index contributed by atoms with van der Waals surface area (Å²) in [5, 5.41) is 2.78. The van der Waals surface area contributed by atoms with Gasteiger partial charge in [-0.2, -0.15) is 0 Å². The summed E-state index contributed by atoms with van der Waals surface area (Å²) >= 11 is 0. The summed E-state index contributed by atoms with van der Waals surface area (Å²) in [5.74, 6) is 0.511. The third-order valence-corrected chi connectivity index (χ3v) is 3.59. The summed E-state index contributed by atoms with van der Waals surface area (Å²) in [4.78, 5) is 25.1. The zero-order valence-corrected chi connectivity index (χ0v) is 12.1. The molecule has 5 heteroatoms. The lowest BCUT2D eigenvalue weighted by Gasteiger charge is -2.18. The standard InChI is InChI=1S/C14H26N2O3/c1-16(11-13(17)15-8-5-9-19-2)14(18)10-12-6-3-4-7-12/h12H,3-11H2,1-2H3,(H,15,17). The Morgan fingerprint density at radius 2 is 2.00 bits per heavy atom. The van der Waals surface area contributed by atoms with Crippen LogP contribution in [0.25, 0.3) is 0 Å². The summed E-state index contributed by atoms with van der Waals surface area (Å²) in [6, 6.07) is 0. The van der Waals surface area contributed by atoms with E-state index in [0.717, 1.165) is 19.3 Å². The lowest BCUT2D eigenvalue weighted by atomic mass is 10.0. The van der Waals surface area contributed by atoms with Crippen LogP contribution in [0.5, 0.6) is 0 Å². The summed E-state index contributed by atoms with van der Waals surface area (Å²) < 4.78 is 4.90. The van der Waals surface area contributed by atoms with Gasteiger partial charge in [0.25, 0.3) is 0 Å². The van der Waals surface area contributed by atoms with Crippen LogP contribution in [0.3, 0.4) is 0 Å². The van der Waals surface area contributed by atoms with Crippen molar-refractivity contribution in [2.24, 2.45) is 5.92 Å². The third kappa shape index (κ3) is 6.57. The monoisotopic (exact) mass is 270 g/mol. The maximum Gasteiger partial charge on any atom is 0.239 e. The predicted molar refractivity (Wildman–Crippen MR) is 73.7 cm³/mol. The molecule has 0 heterocycles. The number of nitrogens with zero attached hydrogens (tertiary/aromatic N) is 1. The Balaban J connectivity index is 2.15. The molecule has 19 heavy (non-hydrogen) atoms. The van der Waals surface area contributed by atoms with Gasteiger partial charge in [-0.25, -0.2) is 0 Å². The second-order valence-corrected chi connectivity index (χ2v) is 5.30. The Morgan fingerprint density at radius 3 is 2.63 bits per heavy atom. The first kappa shape index (κ1) is 16.0. The molecule has 110 valence electrons. The second kappa shape index (κ2) is 8.91. The van der Waals surface area contributed by atoms with Crippen LogP contribution in [0.2, 0.25) is 0 Å². The average Bonchev–Trinajstić information content (AvgIpc) is 2.87. The molecular weight excluding hydrogens is 244 g/mol. The van der Waals surface area contributed by atoms with Gasteiger partial charge in [0.05, 0.1) is 6.54 Å². The minimum absolute atomic E-state index is 0.0824. The Morgan fingerprint density at radius 1 is 1.32 bits per heavy atom. The largest absolute Gasteiger partial charge is 0.385 e. The molecule has 0 aromatic heterocycles. The van der Waals surface area contributed by atoms with Crippen LogP contribution in [-0.2, 0) is 14.3 Å². The Bertz CT molecular complexity index is 288. The van der Waals surface area contributed by atoms with Crippen molar-refractivity contribution in [3.05, 3.63) is 0 Å². The first-order valence-electron chi connectivity index (χ1n) is 7.13. The Kier molecular flexibility index (Phi) is 7.48. The molecule has 1 fully saturated rings. The third-order valence-electron chi connectivity index (χ3n) is 3.59. The molecule has 0 aromatic rings. The van der Waals surface area contributed by atoms with E-state index in [2.05, 4.69) is 5.32 Å². The molecule has 0 radical (unpaired) electrons. The number of carbonyl (C=O) groups is 2. The SMILES string of the molecule is COCCCNC(=O)CN(C)C(=O)CC1CCCC1. The molecule has 1 N–H and O–H groups in total. The maximum absolute atomic E-state index is 11.9. The number of carbonyl (C=O) groups excluding carboxylic acids is 2. The molecule has 0 aliphatic heterocycles. The van der Waals surface area contributed by atoms with Gasteiger partial charge in [0.15, 0.2) is 0 Å². The van der Waals surface area contributed by atoms with Crippen LogP contribution in [0, 0.1) is 5.92 Å². The minimum Gasteiger partial charge on any atom is -0.385 e. The molecule has 0 aromatic carbocycles. The summed E-state index contributed by atoms with van der Waals surface area (Å²) in [6.07, 6.45) is 6.17. The van der Waals surface area contributed by atoms with E-state index in [1.54, 1.807) is 14.2 Å². The van der Waals surface area contributed by atoms with Gasteiger partial charge in [0.2, 0.25) is 11.8 Å². The van der Waals surface area contributed by atoms with Gasteiger partial charge in [-0.15, -0.1) is 0 Å². The van der Waals surface area contributed by atoms with Crippen molar-refractivity contribution in [3.8, 4) is 0 Å².